The van der Waals surface area contributed by atoms with E-state index in [0.29, 0.717) is 23.8 Å². The van der Waals surface area contributed by atoms with Gasteiger partial charge in [0.05, 0.1) is 25.4 Å². The van der Waals surface area contributed by atoms with Crippen LogP contribution in [-0.4, -0.2) is 30.8 Å². The maximum absolute atomic E-state index is 12.3. The molecule has 28 heavy (non-hydrogen) atoms. The lowest BCUT2D eigenvalue weighted by Gasteiger charge is -2.10. The number of nitrogens with zero attached hydrogens (tertiary/aromatic N) is 2. The third-order valence-corrected chi connectivity index (χ3v) is 4.15. The van der Waals surface area contributed by atoms with Crippen LogP contribution in [0, 0.1) is 0 Å². The Bertz CT molecular complexity index is 986. The number of carbonyl (C=O) groups is 1. The van der Waals surface area contributed by atoms with Crippen LogP contribution < -0.4 is 14.9 Å². The number of aromatic nitrogens is 1. The van der Waals surface area contributed by atoms with E-state index in [-0.39, 0.29) is 5.91 Å². The van der Waals surface area contributed by atoms with Gasteiger partial charge in [-0.15, -0.1) is 0 Å². The molecule has 1 aromatic heterocycles. The van der Waals surface area contributed by atoms with Crippen molar-refractivity contribution in [2.45, 2.75) is 19.8 Å². The standard InChI is InChI=1S/C22H23N3O3/c1-3-4-13-28-20-12-9-16(14-21(20)27-2)15-23-25-22(26)19-11-10-17-7-5-6-8-18(17)24-19/h5-12,14-15H,3-4,13H2,1-2H3,(H,25,26)/b23-15+. The number of para-hydroxylation sites is 1. The van der Waals surface area contributed by atoms with Crippen LogP contribution in [0.15, 0.2) is 59.7 Å². The minimum Gasteiger partial charge on any atom is -0.493 e. The van der Waals surface area contributed by atoms with Crippen molar-refractivity contribution in [3.8, 4) is 11.5 Å². The van der Waals surface area contributed by atoms with Crippen LogP contribution in [-0.2, 0) is 0 Å². The van der Waals surface area contributed by atoms with Crippen LogP contribution in [0.5, 0.6) is 11.5 Å². The van der Waals surface area contributed by atoms with E-state index in [2.05, 4.69) is 22.4 Å². The summed E-state index contributed by atoms with van der Waals surface area (Å²) in [4.78, 5) is 16.6. The molecule has 0 aliphatic heterocycles. The second kappa shape index (κ2) is 9.50. The summed E-state index contributed by atoms with van der Waals surface area (Å²) in [6.07, 6.45) is 3.61. The number of hydrogen-bond acceptors (Lipinski definition) is 5. The van der Waals surface area contributed by atoms with E-state index >= 15 is 0 Å². The molecule has 0 bridgehead atoms. The lowest BCUT2D eigenvalue weighted by Crippen LogP contribution is -2.18. The Hall–Kier alpha value is -3.41. The molecule has 1 amide bonds. The Kier molecular flexibility index (Phi) is 6.57. The van der Waals surface area contributed by atoms with Gasteiger partial charge in [-0.25, -0.2) is 10.4 Å². The Morgan fingerprint density at radius 3 is 2.82 bits per heavy atom. The Morgan fingerprint density at radius 2 is 2.00 bits per heavy atom. The number of pyridine rings is 1. The first-order chi connectivity index (χ1) is 13.7. The summed E-state index contributed by atoms with van der Waals surface area (Å²) in [6.45, 7) is 2.76. The smallest absolute Gasteiger partial charge is 0.289 e. The minimum atomic E-state index is -0.367. The van der Waals surface area contributed by atoms with Crippen molar-refractivity contribution < 1.29 is 14.3 Å². The van der Waals surface area contributed by atoms with Crippen molar-refractivity contribution in [2.24, 2.45) is 5.10 Å². The van der Waals surface area contributed by atoms with E-state index in [1.807, 2.05) is 48.5 Å². The fourth-order valence-corrected chi connectivity index (χ4v) is 2.63. The van der Waals surface area contributed by atoms with Crippen molar-refractivity contribution in [1.82, 2.24) is 10.4 Å². The normalized spacial score (nSPS) is 10.9. The lowest BCUT2D eigenvalue weighted by atomic mass is 10.2. The molecule has 3 rings (SSSR count). The largest absolute Gasteiger partial charge is 0.493 e. The summed E-state index contributed by atoms with van der Waals surface area (Å²) in [5.74, 6) is 0.952. The molecule has 0 aliphatic rings. The predicted molar refractivity (Wildman–Crippen MR) is 110 cm³/mol. The van der Waals surface area contributed by atoms with Gasteiger partial charge in [-0.2, -0.15) is 5.10 Å². The number of amides is 1. The number of methoxy groups -OCH3 is 1. The summed E-state index contributed by atoms with van der Waals surface area (Å²) >= 11 is 0. The molecule has 0 saturated carbocycles. The second-order valence-electron chi connectivity index (χ2n) is 6.20. The number of benzene rings is 2. The summed E-state index contributed by atoms with van der Waals surface area (Å²) in [7, 11) is 1.59. The van der Waals surface area contributed by atoms with E-state index in [4.69, 9.17) is 9.47 Å². The minimum absolute atomic E-state index is 0.313. The fourth-order valence-electron chi connectivity index (χ4n) is 2.63. The van der Waals surface area contributed by atoms with Gasteiger partial charge in [0.1, 0.15) is 5.69 Å². The molecule has 0 atom stereocenters. The van der Waals surface area contributed by atoms with Gasteiger partial charge in [0, 0.05) is 5.39 Å². The van der Waals surface area contributed by atoms with E-state index < -0.39 is 0 Å². The molecule has 0 saturated heterocycles. The van der Waals surface area contributed by atoms with Crippen molar-refractivity contribution >= 4 is 23.0 Å². The third kappa shape index (κ3) is 4.85. The number of hydrazone groups is 1. The first-order valence-corrected chi connectivity index (χ1v) is 9.21. The Balaban J connectivity index is 1.65. The molecule has 144 valence electrons. The van der Waals surface area contributed by atoms with Crippen LogP contribution >= 0.6 is 0 Å². The molecule has 6 nitrogen and oxygen atoms in total. The SMILES string of the molecule is CCCCOc1ccc(/C=N/NC(=O)c2ccc3ccccc3n2)cc1OC. The molecular formula is C22H23N3O3. The zero-order chi connectivity index (χ0) is 19.8. The molecular weight excluding hydrogens is 354 g/mol. The predicted octanol–water partition coefficient (Wildman–Crippen LogP) is 4.19. The topological polar surface area (TPSA) is 72.8 Å². The van der Waals surface area contributed by atoms with Gasteiger partial charge in [0.15, 0.2) is 11.5 Å². The molecule has 1 heterocycles. The molecule has 0 spiro atoms. The number of nitrogens with one attached hydrogen (secondary N) is 1. The highest BCUT2D eigenvalue weighted by molar-refractivity contribution is 5.95. The molecule has 2 aromatic carbocycles. The number of unbranched alkanes of at least 4 members (excludes halogenated alkanes) is 1. The second-order valence-corrected chi connectivity index (χ2v) is 6.20. The first kappa shape index (κ1) is 19.4. The van der Waals surface area contributed by atoms with Gasteiger partial charge in [-0.1, -0.05) is 37.6 Å². The van der Waals surface area contributed by atoms with Crippen LogP contribution in [0.25, 0.3) is 10.9 Å². The van der Waals surface area contributed by atoms with E-state index in [1.54, 1.807) is 19.4 Å². The number of ether oxygens (including phenoxy) is 2. The van der Waals surface area contributed by atoms with Gasteiger partial charge in [-0.05, 0) is 42.3 Å². The highest BCUT2D eigenvalue weighted by Gasteiger charge is 2.08. The monoisotopic (exact) mass is 377 g/mol. The summed E-state index contributed by atoms with van der Waals surface area (Å²) in [6, 6.07) is 16.7. The van der Waals surface area contributed by atoms with E-state index in [9.17, 15) is 4.79 Å². The van der Waals surface area contributed by atoms with Crippen molar-refractivity contribution in [1.29, 1.82) is 0 Å². The van der Waals surface area contributed by atoms with Gasteiger partial charge >= 0.3 is 0 Å². The molecule has 0 fully saturated rings. The molecule has 3 aromatic rings. The lowest BCUT2D eigenvalue weighted by molar-refractivity contribution is 0.0950. The number of rotatable bonds is 8. The molecule has 1 N–H and O–H groups in total. The van der Waals surface area contributed by atoms with Gasteiger partial charge in [0.25, 0.3) is 5.91 Å². The maximum atomic E-state index is 12.3. The summed E-state index contributed by atoms with van der Waals surface area (Å²) in [5.41, 5.74) is 4.37. The van der Waals surface area contributed by atoms with E-state index in [1.165, 1.54) is 0 Å². The fraction of sp³-hybridized carbons (Fsp3) is 0.227. The number of carbonyl (C=O) groups excluding carboxylic acids is 1. The number of hydrogen-bond donors (Lipinski definition) is 1. The van der Waals surface area contributed by atoms with Crippen LogP contribution in [0.4, 0.5) is 0 Å². The Morgan fingerprint density at radius 1 is 1.14 bits per heavy atom. The number of fused-ring (bicyclic) bond motifs is 1. The van der Waals surface area contributed by atoms with Crippen molar-refractivity contribution in [3.05, 3.63) is 65.9 Å². The highest BCUT2D eigenvalue weighted by atomic mass is 16.5. The zero-order valence-corrected chi connectivity index (χ0v) is 16.0. The molecule has 0 unspecified atom stereocenters. The molecule has 0 aliphatic carbocycles. The average Bonchev–Trinajstić information content (AvgIpc) is 2.74. The third-order valence-electron chi connectivity index (χ3n) is 4.15. The maximum Gasteiger partial charge on any atom is 0.289 e. The zero-order valence-electron chi connectivity index (χ0n) is 16.0. The average molecular weight is 377 g/mol. The van der Waals surface area contributed by atoms with Crippen molar-refractivity contribution in [2.75, 3.05) is 13.7 Å². The van der Waals surface area contributed by atoms with Crippen molar-refractivity contribution in [3.63, 3.8) is 0 Å². The highest BCUT2D eigenvalue weighted by Crippen LogP contribution is 2.27. The molecule has 0 radical (unpaired) electrons. The summed E-state index contributed by atoms with van der Waals surface area (Å²) in [5, 5.41) is 5.00. The van der Waals surface area contributed by atoms with Crippen LogP contribution in [0.1, 0.15) is 35.8 Å². The summed E-state index contributed by atoms with van der Waals surface area (Å²) < 4.78 is 11.1. The van der Waals surface area contributed by atoms with Crippen LogP contribution in [0.3, 0.4) is 0 Å². The van der Waals surface area contributed by atoms with Gasteiger partial charge in [-0.3, -0.25) is 4.79 Å². The Labute approximate surface area is 164 Å². The quantitative estimate of drug-likeness (QED) is 0.363. The van der Waals surface area contributed by atoms with Gasteiger partial charge < -0.3 is 9.47 Å². The van der Waals surface area contributed by atoms with Crippen LogP contribution in [0.2, 0.25) is 0 Å². The first-order valence-electron chi connectivity index (χ1n) is 9.21. The van der Waals surface area contributed by atoms with Gasteiger partial charge in [0.2, 0.25) is 0 Å². The van der Waals surface area contributed by atoms with E-state index in [0.717, 1.165) is 29.3 Å². The molecule has 6 heteroatoms.